The van der Waals surface area contributed by atoms with Crippen molar-refractivity contribution >= 4 is 34.7 Å². The number of para-hydroxylation sites is 1. The van der Waals surface area contributed by atoms with Gasteiger partial charge in [0.15, 0.2) is 5.82 Å². The molecule has 1 aromatic carbocycles. The van der Waals surface area contributed by atoms with Gasteiger partial charge in [0.05, 0.1) is 6.20 Å². The number of benzene rings is 1. The van der Waals surface area contributed by atoms with Gasteiger partial charge in [0.1, 0.15) is 5.02 Å². The molecule has 2 aromatic rings. The van der Waals surface area contributed by atoms with Crippen LogP contribution in [0.4, 0.5) is 11.5 Å². The van der Waals surface area contributed by atoms with Crippen molar-refractivity contribution in [2.24, 2.45) is 0 Å². The quantitative estimate of drug-likeness (QED) is 0.729. The molecule has 3 nitrogen and oxygen atoms in total. The molecule has 1 aromatic heterocycles. The smallest absolute Gasteiger partial charge is 0.224 e. The van der Waals surface area contributed by atoms with Gasteiger partial charge in [0, 0.05) is 12.2 Å². The number of halogens is 2. The van der Waals surface area contributed by atoms with Crippen molar-refractivity contribution in [3.05, 3.63) is 46.3 Å². The SMILES string of the molecule is CC1CCN(c2nc(Cl)ncc2Cl)c2ccccc21. The zero-order valence-electron chi connectivity index (χ0n) is 10.5. The van der Waals surface area contributed by atoms with Gasteiger partial charge in [-0.15, -0.1) is 0 Å². The molecule has 0 aliphatic carbocycles. The second-order valence-corrected chi connectivity index (χ2v) is 5.46. The van der Waals surface area contributed by atoms with Crippen LogP contribution in [0.3, 0.4) is 0 Å². The van der Waals surface area contributed by atoms with Crippen LogP contribution >= 0.6 is 23.2 Å². The van der Waals surface area contributed by atoms with Crippen LogP contribution in [-0.4, -0.2) is 16.5 Å². The van der Waals surface area contributed by atoms with Crippen molar-refractivity contribution in [3.8, 4) is 0 Å². The van der Waals surface area contributed by atoms with Gasteiger partial charge >= 0.3 is 0 Å². The molecule has 1 unspecified atom stereocenters. The Balaban J connectivity index is 2.12. The van der Waals surface area contributed by atoms with Crippen molar-refractivity contribution in [2.75, 3.05) is 11.4 Å². The lowest BCUT2D eigenvalue weighted by Gasteiger charge is -2.34. The lowest BCUT2D eigenvalue weighted by molar-refractivity contribution is 0.646. The number of hydrogen-bond donors (Lipinski definition) is 0. The number of hydrogen-bond acceptors (Lipinski definition) is 3. The minimum absolute atomic E-state index is 0.218. The molecule has 1 aliphatic heterocycles. The van der Waals surface area contributed by atoms with Crippen LogP contribution in [0, 0.1) is 0 Å². The molecule has 1 atom stereocenters. The van der Waals surface area contributed by atoms with Crippen LogP contribution in [0.5, 0.6) is 0 Å². The van der Waals surface area contributed by atoms with E-state index >= 15 is 0 Å². The molecule has 0 N–H and O–H groups in total. The molecule has 98 valence electrons. The predicted octanol–water partition coefficient (Wildman–Crippen LogP) is 4.43. The fourth-order valence-corrected chi connectivity index (χ4v) is 2.82. The second kappa shape index (κ2) is 4.99. The highest BCUT2D eigenvalue weighted by atomic mass is 35.5. The lowest BCUT2D eigenvalue weighted by atomic mass is 9.91. The van der Waals surface area contributed by atoms with Gasteiger partial charge in [-0.1, -0.05) is 36.7 Å². The molecule has 19 heavy (non-hydrogen) atoms. The fraction of sp³-hybridized carbons (Fsp3) is 0.286. The third kappa shape index (κ3) is 2.28. The van der Waals surface area contributed by atoms with Gasteiger partial charge in [-0.05, 0) is 35.6 Å². The molecule has 3 rings (SSSR count). The molecule has 0 amide bonds. The first-order chi connectivity index (χ1) is 9.16. The fourth-order valence-electron chi connectivity index (χ4n) is 2.50. The summed E-state index contributed by atoms with van der Waals surface area (Å²) in [7, 11) is 0. The Morgan fingerprint density at radius 3 is 2.89 bits per heavy atom. The van der Waals surface area contributed by atoms with Crippen molar-refractivity contribution in [1.29, 1.82) is 0 Å². The summed E-state index contributed by atoms with van der Waals surface area (Å²) in [5.41, 5.74) is 2.47. The van der Waals surface area contributed by atoms with E-state index < -0.39 is 0 Å². The van der Waals surface area contributed by atoms with Crippen LogP contribution in [0.2, 0.25) is 10.3 Å². The first-order valence-corrected chi connectivity index (χ1v) is 6.97. The topological polar surface area (TPSA) is 29.0 Å². The van der Waals surface area contributed by atoms with Gasteiger partial charge in [-0.3, -0.25) is 0 Å². The number of nitrogens with zero attached hydrogens (tertiary/aromatic N) is 3. The molecule has 5 heteroatoms. The monoisotopic (exact) mass is 293 g/mol. The zero-order chi connectivity index (χ0) is 13.4. The average Bonchev–Trinajstić information content (AvgIpc) is 2.43. The molecule has 0 saturated heterocycles. The van der Waals surface area contributed by atoms with Gasteiger partial charge in [-0.2, -0.15) is 4.98 Å². The van der Waals surface area contributed by atoms with E-state index in [2.05, 4.69) is 40.0 Å². The molecule has 0 fully saturated rings. The minimum atomic E-state index is 0.218. The Morgan fingerprint density at radius 2 is 2.05 bits per heavy atom. The van der Waals surface area contributed by atoms with Crippen LogP contribution in [0.15, 0.2) is 30.5 Å². The van der Waals surface area contributed by atoms with Crippen LogP contribution in [0.1, 0.15) is 24.8 Å². The van der Waals surface area contributed by atoms with Crippen LogP contribution in [-0.2, 0) is 0 Å². The highest BCUT2D eigenvalue weighted by Crippen LogP contribution is 2.40. The maximum atomic E-state index is 6.21. The van der Waals surface area contributed by atoms with E-state index in [-0.39, 0.29) is 5.28 Å². The molecular formula is C14H13Cl2N3. The maximum absolute atomic E-state index is 6.21. The van der Waals surface area contributed by atoms with Gasteiger partial charge < -0.3 is 4.90 Å². The van der Waals surface area contributed by atoms with E-state index in [1.54, 1.807) is 6.20 Å². The Bertz CT molecular complexity index is 615. The highest BCUT2D eigenvalue weighted by Gasteiger charge is 2.25. The number of fused-ring (bicyclic) bond motifs is 1. The summed E-state index contributed by atoms with van der Waals surface area (Å²) >= 11 is 12.1. The van der Waals surface area contributed by atoms with Crippen molar-refractivity contribution < 1.29 is 0 Å². The molecular weight excluding hydrogens is 281 g/mol. The first-order valence-electron chi connectivity index (χ1n) is 6.21. The minimum Gasteiger partial charge on any atom is -0.325 e. The Kier molecular flexibility index (Phi) is 3.33. The molecule has 2 heterocycles. The van der Waals surface area contributed by atoms with Gasteiger partial charge in [0.2, 0.25) is 5.28 Å². The number of rotatable bonds is 1. The summed E-state index contributed by atoms with van der Waals surface area (Å²) in [6.07, 6.45) is 2.61. The molecule has 0 radical (unpaired) electrons. The van der Waals surface area contributed by atoms with E-state index in [0.29, 0.717) is 16.8 Å². The van der Waals surface area contributed by atoms with E-state index in [0.717, 1.165) is 18.7 Å². The Morgan fingerprint density at radius 1 is 1.26 bits per heavy atom. The van der Waals surface area contributed by atoms with Crippen LogP contribution in [0.25, 0.3) is 0 Å². The first kappa shape index (κ1) is 12.7. The summed E-state index contributed by atoms with van der Waals surface area (Å²) in [5.74, 6) is 1.23. The Hall–Kier alpha value is -1.32. The Labute approximate surface area is 122 Å². The van der Waals surface area contributed by atoms with Gasteiger partial charge in [0.25, 0.3) is 0 Å². The standard InChI is InChI=1S/C14H13Cl2N3/c1-9-6-7-19(12-5-3-2-4-10(9)12)13-11(15)8-17-14(16)18-13/h2-5,8-9H,6-7H2,1H3. The van der Waals surface area contributed by atoms with Crippen molar-refractivity contribution in [2.45, 2.75) is 19.3 Å². The summed E-state index contributed by atoms with van der Waals surface area (Å²) in [6, 6.07) is 8.34. The summed E-state index contributed by atoms with van der Waals surface area (Å²) < 4.78 is 0. The number of aromatic nitrogens is 2. The lowest BCUT2D eigenvalue weighted by Crippen LogP contribution is -2.27. The van der Waals surface area contributed by atoms with E-state index in [1.165, 1.54) is 5.56 Å². The molecule has 0 saturated carbocycles. The maximum Gasteiger partial charge on any atom is 0.224 e. The number of anilines is 2. The van der Waals surface area contributed by atoms with Crippen LogP contribution < -0.4 is 4.90 Å². The summed E-state index contributed by atoms with van der Waals surface area (Å²) in [6.45, 7) is 3.12. The molecule has 0 spiro atoms. The normalized spacial score (nSPS) is 18.3. The summed E-state index contributed by atoms with van der Waals surface area (Å²) in [5, 5.41) is 0.740. The van der Waals surface area contributed by atoms with E-state index in [9.17, 15) is 0 Å². The average molecular weight is 294 g/mol. The second-order valence-electron chi connectivity index (χ2n) is 4.71. The predicted molar refractivity (Wildman–Crippen MR) is 78.5 cm³/mol. The zero-order valence-corrected chi connectivity index (χ0v) is 12.0. The largest absolute Gasteiger partial charge is 0.325 e. The van der Waals surface area contributed by atoms with Crippen molar-refractivity contribution in [1.82, 2.24) is 9.97 Å². The molecule has 0 bridgehead atoms. The van der Waals surface area contributed by atoms with E-state index in [4.69, 9.17) is 23.2 Å². The molecule has 1 aliphatic rings. The third-order valence-electron chi connectivity index (χ3n) is 3.50. The van der Waals surface area contributed by atoms with Crippen molar-refractivity contribution in [3.63, 3.8) is 0 Å². The summed E-state index contributed by atoms with van der Waals surface area (Å²) in [4.78, 5) is 10.3. The highest BCUT2D eigenvalue weighted by molar-refractivity contribution is 6.33. The van der Waals surface area contributed by atoms with E-state index in [1.807, 2.05) is 6.07 Å². The third-order valence-corrected chi connectivity index (χ3v) is 3.94. The van der Waals surface area contributed by atoms with Gasteiger partial charge in [-0.25, -0.2) is 4.98 Å².